The highest BCUT2D eigenvalue weighted by atomic mass is 32.4. The van der Waals surface area contributed by atoms with Gasteiger partial charge in [0, 0.05) is 49.5 Å². The number of esters is 1. The first kappa shape index (κ1) is 33.5. The summed E-state index contributed by atoms with van der Waals surface area (Å²) in [5.41, 5.74) is 5.19. The molecule has 2 atom stereocenters. The van der Waals surface area contributed by atoms with Gasteiger partial charge in [0.2, 0.25) is 5.91 Å². The number of hydrogen-bond acceptors (Lipinski definition) is 12. The lowest BCUT2D eigenvalue weighted by atomic mass is 9.89. The van der Waals surface area contributed by atoms with Gasteiger partial charge in [-0.1, -0.05) is 30.5 Å². The van der Waals surface area contributed by atoms with Crippen LogP contribution in [0.5, 0.6) is 0 Å². The number of carboxylic acids is 1. The van der Waals surface area contributed by atoms with Crippen molar-refractivity contribution in [3.8, 4) is 0 Å². The molecule has 2 heterocycles. The molecular weight excluding hydrogens is 554 g/mol. The molecule has 0 bridgehead atoms. The number of ether oxygens (including phenoxy) is 1. The zero-order valence-corrected chi connectivity index (χ0v) is 23.4. The minimum absolute atomic E-state index is 0.00766. The van der Waals surface area contributed by atoms with Crippen molar-refractivity contribution in [1.29, 1.82) is 0 Å². The lowest BCUT2D eigenvalue weighted by Crippen LogP contribution is -2.63. The number of hydrogen-bond donors (Lipinski definition) is 1. The largest absolute Gasteiger partial charge is 0.543 e. The van der Waals surface area contributed by atoms with Gasteiger partial charge in [-0.2, -0.15) is 9.59 Å². The summed E-state index contributed by atoms with van der Waals surface area (Å²) in [6.07, 6.45) is 4.02. The van der Waals surface area contributed by atoms with E-state index in [2.05, 4.69) is 11.8 Å². The average Bonchev–Trinajstić information content (AvgIpc) is 2.82. The Balaban J connectivity index is 0.00000126. The fraction of sp³-hybridized carbons (Fsp3) is 0.650. The van der Waals surface area contributed by atoms with Gasteiger partial charge in [0.05, 0.1) is 23.0 Å². The van der Waals surface area contributed by atoms with E-state index in [-0.39, 0.29) is 48.4 Å². The first-order chi connectivity index (χ1) is 16.7. The third kappa shape index (κ3) is 11.9. The molecule has 10 nitrogen and oxygen atoms in total. The summed E-state index contributed by atoms with van der Waals surface area (Å²) in [5.74, 6) is -2.46. The number of amides is 1. The fourth-order valence-corrected chi connectivity index (χ4v) is 5.62. The molecule has 0 aromatic heterocycles. The van der Waals surface area contributed by atoms with Crippen LogP contribution in [0.15, 0.2) is 11.3 Å². The van der Waals surface area contributed by atoms with Crippen LogP contribution >= 0.6 is 26.5 Å². The monoisotopic (exact) mass is 581 g/mol. The van der Waals surface area contributed by atoms with Crippen molar-refractivity contribution >= 4 is 79.9 Å². The van der Waals surface area contributed by atoms with E-state index in [1.807, 2.05) is 6.92 Å². The van der Waals surface area contributed by atoms with Crippen molar-refractivity contribution < 1.29 is 38.6 Å². The maximum absolute atomic E-state index is 12.4. The zero-order valence-electron chi connectivity index (χ0n) is 19.1. The third-order valence-electron chi connectivity index (χ3n) is 4.59. The standard InChI is InChI=1S/C17H22NO6PS2.C2H6NPS.CO2/c1-2-4-11(19)7-12-15(21)18-14(17(22)23)10(9-27-16(12)18)8-24-13(20)5-3-6-25-26;3-1-2-4-5;2-1-3/h12,16H,2-9H2,1H3,(H,22,23);1-3H2;/p-1. The number of rotatable bonds is 13. The van der Waals surface area contributed by atoms with Crippen LogP contribution in [-0.2, 0) is 57.1 Å². The van der Waals surface area contributed by atoms with E-state index in [9.17, 15) is 24.3 Å². The maximum Gasteiger partial charge on any atom is 0.373 e. The molecule has 1 fully saturated rings. The number of β-lactam (4-membered cyclic amide) rings is 1. The third-order valence-corrected chi connectivity index (χ3v) is 8.02. The number of carboxylic acid groups (broad SMARTS) is 1. The Labute approximate surface area is 221 Å². The predicted octanol–water partition coefficient (Wildman–Crippen LogP) is 0.782. The highest BCUT2D eigenvalue weighted by Gasteiger charge is 2.52. The molecule has 0 aromatic rings. The Morgan fingerprint density at radius 1 is 1.23 bits per heavy atom. The number of nitrogens with two attached hydrogens (primary N) is 1. The van der Waals surface area contributed by atoms with Crippen LogP contribution in [0.2, 0.25) is 0 Å². The van der Waals surface area contributed by atoms with Crippen LogP contribution in [0.3, 0.4) is 0 Å². The molecule has 1 amide bonds. The van der Waals surface area contributed by atoms with Crippen LogP contribution in [-0.4, -0.2) is 71.3 Å². The van der Waals surface area contributed by atoms with Gasteiger partial charge >= 0.3 is 12.1 Å². The minimum Gasteiger partial charge on any atom is -0.543 e. The summed E-state index contributed by atoms with van der Waals surface area (Å²) in [5, 5.41) is 11.2. The van der Waals surface area contributed by atoms with Gasteiger partial charge in [0.1, 0.15) is 12.4 Å². The molecule has 2 aliphatic heterocycles. The summed E-state index contributed by atoms with van der Waals surface area (Å²) >= 11 is 10.7. The first-order valence-electron chi connectivity index (χ1n) is 10.6. The van der Waals surface area contributed by atoms with E-state index in [0.29, 0.717) is 30.6 Å². The number of Topliss-reactive ketones (excluding diaryl/α,β-unsaturated/α-hetero) is 1. The molecule has 2 rings (SSSR count). The topological polar surface area (TPSA) is 164 Å². The predicted molar refractivity (Wildman–Crippen MR) is 136 cm³/mol. The highest BCUT2D eigenvalue weighted by molar-refractivity contribution is 8.00. The zero-order chi connectivity index (χ0) is 26.8. The summed E-state index contributed by atoms with van der Waals surface area (Å²) in [6.45, 7) is 2.44. The summed E-state index contributed by atoms with van der Waals surface area (Å²) in [7, 11) is 1.78. The number of carbonyl (C=O) groups excluding carboxylic acids is 6. The number of ketones is 1. The Hall–Kier alpha value is -1.45. The van der Waals surface area contributed by atoms with E-state index < -0.39 is 17.9 Å². The van der Waals surface area contributed by atoms with Crippen molar-refractivity contribution in [3.63, 3.8) is 0 Å². The minimum atomic E-state index is -1.47. The van der Waals surface area contributed by atoms with Gasteiger partial charge in [-0.25, -0.2) is 0 Å². The van der Waals surface area contributed by atoms with E-state index in [1.165, 1.54) is 16.7 Å². The molecule has 0 radical (unpaired) electrons. The summed E-state index contributed by atoms with van der Waals surface area (Å²) in [4.78, 5) is 65.0. The molecule has 194 valence electrons. The number of thioether (sulfide) groups is 1. The van der Waals surface area contributed by atoms with Crippen molar-refractivity contribution in [3.05, 3.63) is 11.3 Å². The van der Waals surface area contributed by atoms with E-state index >= 15 is 0 Å². The van der Waals surface area contributed by atoms with E-state index in [1.54, 1.807) is 0 Å². The van der Waals surface area contributed by atoms with Crippen LogP contribution in [0, 0.1) is 5.92 Å². The van der Waals surface area contributed by atoms with Gasteiger partial charge in [0.25, 0.3) is 0 Å². The molecule has 35 heavy (non-hydrogen) atoms. The smallest absolute Gasteiger partial charge is 0.373 e. The lowest BCUT2D eigenvalue weighted by molar-refractivity contribution is -0.301. The van der Waals surface area contributed by atoms with E-state index in [4.69, 9.17) is 31.9 Å². The molecule has 2 N–H and O–H groups in total. The Kier molecular flexibility index (Phi) is 18.9. The Bertz CT molecular complexity index is 850. The number of carbonyl (C=O) groups is 4. The molecule has 1 saturated heterocycles. The van der Waals surface area contributed by atoms with Crippen LogP contribution in [0.4, 0.5) is 0 Å². The van der Waals surface area contributed by atoms with Crippen LogP contribution in [0.1, 0.15) is 39.0 Å². The molecule has 15 heteroatoms. The molecule has 2 aliphatic rings. The van der Waals surface area contributed by atoms with Crippen molar-refractivity contribution in [2.45, 2.75) is 44.4 Å². The van der Waals surface area contributed by atoms with Gasteiger partial charge in [-0.15, -0.1) is 11.8 Å². The molecule has 2 unspecified atom stereocenters. The van der Waals surface area contributed by atoms with Crippen molar-refractivity contribution in [2.75, 3.05) is 31.2 Å². The Morgan fingerprint density at radius 3 is 2.34 bits per heavy atom. The van der Waals surface area contributed by atoms with Gasteiger partial charge < -0.3 is 20.4 Å². The van der Waals surface area contributed by atoms with Gasteiger partial charge in [-0.05, 0) is 27.6 Å². The molecule has 0 aliphatic carbocycles. The summed E-state index contributed by atoms with van der Waals surface area (Å²) in [6, 6.07) is 0. The number of aliphatic carboxylic acids is 1. The molecule has 0 saturated carbocycles. The van der Waals surface area contributed by atoms with Crippen LogP contribution < -0.4 is 10.8 Å². The number of nitrogens with zero attached hydrogens (tertiary/aromatic N) is 1. The van der Waals surface area contributed by atoms with Crippen molar-refractivity contribution in [1.82, 2.24) is 4.90 Å². The SMILES string of the molecule is CCCC(=O)CC1C(=O)N2C(C(=O)[O-])=C(COC(=O)CCCP=S)CSC12.NCCP=S.O=C=O. The van der Waals surface area contributed by atoms with Gasteiger partial charge in [-0.3, -0.25) is 19.3 Å². The average molecular weight is 582 g/mol. The van der Waals surface area contributed by atoms with Gasteiger partial charge in [0.15, 0.2) is 0 Å². The van der Waals surface area contributed by atoms with E-state index in [0.717, 1.165) is 33.6 Å². The molecule has 0 spiro atoms. The first-order valence-corrected chi connectivity index (χ1v) is 15.8. The molecule has 0 aromatic carbocycles. The molecular formula is C20H27N2O8P2S3-. The number of fused-ring (bicyclic) bond motifs is 1. The lowest BCUT2D eigenvalue weighted by Gasteiger charge is -2.50. The van der Waals surface area contributed by atoms with Crippen molar-refractivity contribution in [2.24, 2.45) is 11.7 Å². The van der Waals surface area contributed by atoms with Crippen LogP contribution in [0.25, 0.3) is 0 Å². The maximum atomic E-state index is 12.4. The second-order valence-corrected chi connectivity index (χ2v) is 11.2. The highest BCUT2D eigenvalue weighted by Crippen LogP contribution is 2.45. The Morgan fingerprint density at radius 2 is 1.86 bits per heavy atom. The quantitative estimate of drug-likeness (QED) is 0.141. The fourth-order valence-electron chi connectivity index (χ4n) is 3.12. The summed E-state index contributed by atoms with van der Waals surface area (Å²) < 4.78 is 5.14. The second kappa shape index (κ2) is 19.7. The normalized spacial score (nSPS) is 18.2. The second-order valence-electron chi connectivity index (χ2n) is 7.09.